The molecule has 2 N–H and O–H groups in total. The molecule has 1 saturated carbocycles. The van der Waals surface area contributed by atoms with Crippen molar-refractivity contribution in [3.05, 3.63) is 35.1 Å². The van der Waals surface area contributed by atoms with Crippen molar-refractivity contribution in [1.29, 1.82) is 0 Å². The number of rotatable bonds is 3. The van der Waals surface area contributed by atoms with Crippen LogP contribution in [0.2, 0.25) is 0 Å². The number of benzene rings is 1. The third kappa shape index (κ3) is 3.67. The minimum atomic E-state index is -0.411. The highest BCUT2D eigenvalue weighted by Gasteiger charge is 2.21. The second kappa shape index (κ2) is 7.23. The average Bonchev–Trinajstić information content (AvgIpc) is 2.57. The second-order valence-electron chi connectivity index (χ2n) is 6.57. The Morgan fingerprint density at radius 1 is 1.09 bits per heavy atom. The molecule has 2 fully saturated rings. The van der Waals surface area contributed by atoms with Crippen LogP contribution in [0.3, 0.4) is 0 Å². The van der Waals surface area contributed by atoms with Crippen LogP contribution < -0.4 is 10.6 Å². The van der Waals surface area contributed by atoms with E-state index in [2.05, 4.69) is 10.6 Å². The molecule has 3 rings (SSSR count). The highest BCUT2D eigenvalue weighted by molar-refractivity contribution is 5.94. The number of carbonyl (C=O) groups is 1. The lowest BCUT2D eigenvalue weighted by Gasteiger charge is -2.25. The summed E-state index contributed by atoms with van der Waals surface area (Å²) in [7, 11) is 0. The van der Waals surface area contributed by atoms with Crippen molar-refractivity contribution >= 4 is 5.91 Å². The molecule has 0 radical (unpaired) electrons. The van der Waals surface area contributed by atoms with Crippen LogP contribution in [0.1, 0.15) is 66.8 Å². The largest absolute Gasteiger partial charge is 0.349 e. The minimum absolute atomic E-state index is 0.210. The first kappa shape index (κ1) is 15.5. The van der Waals surface area contributed by atoms with Gasteiger partial charge in [-0.3, -0.25) is 4.79 Å². The molecule has 120 valence electrons. The Kier molecular flexibility index (Phi) is 5.08. The molecule has 3 nitrogen and oxygen atoms in total. The zero-order valence-corrected chi connectivity index (χ0v) is 13.0. The van der Waals surface area contributed by atoms with E-state index in [0.29, 0.717) is 5.92 Å². The van der Waals surface area contributed by atoms with E-state index in [-0.39, 0.29) is 17.5 Å². The molecule has 1 aromatic carbocycles. The van der Waals surface area contributed by atoms with Crippen molar-refractivity contribution in [1.82, 2.24) is 10.6 Å². The summed E-state index contributed by atoms with van der Waals surface area (Å²) in [5.74, 6) is -0.228. The summed E-state index contributed by atoms with van der Waals surface area (Å²) < 4.78 is 14.1. The molecule has 1 amide bonds. The van der Waals surface area contributed by atoms with Crippen molar-refractivity contribution < 1.29 is 9.18 Å². The lowest BCUT2D eigenvalue weighted by atomic mass is 9.89. The van der Waals surface area contributed by atoms with Gasteiger partial charge in [0.25, 0.3) is 5.91 Å². The topological polar surface area (TPSA) is 41.1 Å². The van der Waals surface area contributed by atoms with E-state index in [0.717, 1.165) is 57.2 Å². The standard InChI is InChI=1S/C18H25FN2O/c19-17-7-6-14(13-8-10-20-11-9-13)12-16(17)18(22)21-15-4-2-1-3-5-15/h6-7,12-13,15,20H,1-5,8-11H2,(H,21,22). The maximum Gasteiger partial charge on any atom is 0.254 e. The fraction of sp³-hybridized carbons (Fsp3) is 0.611. The van der Waals surface area contributed by atoms with Crippen LogP contribution in [-0.2, 0) is 0 Å². The first-order valence-electron chi connectivity index (χ1n) is 8.55. The molecule has 0 atom stereocenters. The third-order valence-electron chi connectivity index (χ3n) is 4.99. The minimum Gasteiger partial charge on any atom is -0.349 e. The molecule has 0 unspecified atom stereocenters. The Hall–Kier alpha value is -1.42. The van der Waals surface area contributed by atoms with Crippen LogP contribution in [0, 0.1) is 5.82 Å². The molecule has 0 spiro atoms. The molecule has 0 aromatic heterocycles. The molecule has 1 aliphatic heterocycles. The van der Waals surface area contributed by atoms with E-state index in [1.165, 1.54) is 12.5 Å². The zero-order chi connectivity index (χ0) is 15.4. The predicted octanol–water partition coefficient (Wildman–Crippen LogP) is 3.36. The summed E-state index contributed by atoms with van der Waals surface area (Å²) in [6.45, 7) is 1.98. The van der Waals surface area contributed by atoms with E-state index in [9.17, 15) is 9.18 Å². The van der Waals surface area contributed by atoms with Crippen LogP contribution in [-0.4, -0.2) is 25.0 Å². The van der Waals surface area contributed by atoms with Crippen molar-refractivity contribution in [2.75, 3.05) is 13.1 Å². The number of halogens is 1. The number of hydrogen-bond acceptors (Lipinski definition) is 2. The summed E-state index contributed by atoms with van der Waals surface area (Å²) in [5, 5.41) is 6.35. The van der Waals surface area contributed by atoms with Crippen LogP contribution in [0.5, 0.6) is 0 Å². The SMILES string of the molecule is O=C(NC1CCCCC1)c1cc(C2CCNCC2)ccc1F. The second-order valence-corrected chi connectivity index (χ2v) is 6.57. The van der Waals surface area contributed by atoms with Gasteiger partial charge in [-0.25, -0.2) is 4.39 Å². The molecule has 1 aliphatic carbocycles. The van der Waals surface area contributed by atoms with Gasteiger partial charge >= 0.3 is 0 Å². The first-order valence-corrected chi connectivity index (χ1v) is 8.55. The highest BCUT2D eigenvalue weighted by Crippen LogP contribution is 2.27. The summed E-state index contributed by atoms with van der Waals surface area (Å²) in [4.78, 5) is 12.4. The fourth-order valence-corrected chi connectivity index (χ4v) is 3.64. The highest BCUT2D eigenvalue weighted by atomic mass is 19.1. The quantitative estimate of drug-likeness (QED) is 0.899. The van der Waals surface area contributed by atoms with E-state index < -0.39 is 5.82 Å². The van der Waals surface area contributed by atoms with E-state index in [1.54, 1.807) is 6.07 Å². The number of amides is 1. The molecule has 1 saturated heterocycles. The number of piperidine rings is 1. The maximum absolute atomic E-state index is 14.1. The lowest BCUT2D eigenvalue weighted by Crippen LogP contribution is -2.36. The molecule has 1 aromatic rings. The molecule has 1 heterocycles. The van der Waals surface area contributed by atoms with Crippen molar-refractivity contribution in [3.63, 3.8) is 0 Å². The van der Waals surface area contributed by atoms with Gasteiger partial charge in [-0.05, 0) is 62.4 Å². The van der Waals surface area contributed by atoms with Crippen LogP contribution >= 0.6 is 0 Å². The molecule has 4 heteroatoms. The van der Waals surface area contributed by atoms with E-state index >= 15 is 0 Å². The van der Waals surface area contributed by atoms with Gasteiger partial charge in [0.15, 0.2) is 0 Å². The van der Waals surface area contributed by atoms with Crippen molar-refractivity contribution in [2.45, 2.75) is 56.9 Å². The molecule has 2 aliphatic rings. The summed E-state index contributed by atoms with van der Waals surface area (Å²) in [5.41, 5.74) is 1.30. The molecule has 0 bridgehead atoms. The number of nitrogens with one attached hydrogen (secondary N) is 2. The third-order valence-corrected chi connectivity index (χ3v) is 4.99. The van der Waals surface area contributed by atoms with Gasteiger partial charge in [-0.15, -0.1) is 0 Å². The van der Waals surface area contributed by atoms with Gasteiger partial charge in [-0.1, -0.05) is 25.3 Å². The Morgan fingerprint density at radius 3 is 2.55 bits per heavy atom. The maximum atomic E-state index is 14.1. The molecular formula is C18H25FN2O. The smallest absolute Gasteiger partial charge is 0.254 e. The van der Waals surface area contributed by atoms with Gasteiger partial charge < -0.3 is 10.6 Å². The van der Waals surface area contributed by atoms with Gasteiger partial charge in [0, 0.05) is 6.04 Å². The summed E-state index contributed by atoms with van der Waals surface area (Å²) in [6, 6.07) is 5.27. The van der Waals surface area contributed by atoms with Crippen molar-refractivity contribution in [2.24, 2.45) is 0 Å². The van der Waals surface area contributed by atoms with Gasteiger partial charge in [0.1, 0.15) is 5.82 Å². The number of hydrogen-bond donors (Lipinski definition) is 2. The van der Waals surface area contributed by atoms with Gasteiger partial charge in [-0.2, -0.15) is 0 Å². The predicted molar refractivity (Wildman–Crippen MR) is 85.6 cm³/mol. The lowest BCUT2D eigenvalue weighted by molar-refractivity contribution is 0.0923. The van der Waals surface area contributed by atoms with E-state index in [1.807, 2.05) is 6.07 Å². The van der Waals surface area contributed by atoms with Gasteiger partial charge in [0.2, 0.25) is 0 Å². The Labute approximate surface area is 131 Å². The average molecular weight is 304 g/mol. The van der Waals surface area contributed by atoms with Crippen LogP contribution in [0.25, 0.3) is 0 Å². The number of carbonyl (C=O) groups excluding carboxylic acids is 1. The van der Waals surface area contributed by atoms with Crippen LogP contribution in [0.15, 0.2) is 18.2 Å². The Morgan fingerprint density at radius 2 is 1.82 bits per heavy atom. The zero-order valence-electron chi connectivity index (χ0n) is 13.0. The summed E-state index contributed by atoms with van der Waals surface area (Å²) in [6.07, 6.45) is 7.68. The monoisotopic (exact) mass is 304 g/mol. The van der Waals surface area contributed by atoms with Gasteiger partial charge in [0.05, 0.1) is 5.56 Å². The van der Waals surface area contributed by atoms with E-state index in [4.69, 9.17) is 0 Å². The van der Waals surface area contributed by atoms with Crippen LogP contribution in [0.4, 0.5) is 4.39 Å². The normalized spacial score (nSPS) is 20.8. The fourth-order valence-electron chi connectivity index (χ4n) is 3.64. The Bertz CT molecular complexity index is 520. The van der Waals surface area contributed by atoms with Crippen molar-refractivity contribution in [3.8, 4) is 0 Å². The summed E-state index contributed by atoms with van der Waals surface area (Å²) >= 11 is 0. The molecular weight excluding hydrogens is 279 g/mol. The Balaban J connectivity index is 1.72. The first-order chi connectivity index (χ1) is 10.7. The molecule has 22 heavy (non-hydrogen) atoms.